The first-order valence-corrected chi connectivity index (χ1v) is 13.8. The van der Waals surface area contributed by atoms with Crippen LogP contribution in [-0.4, -0.2) is 57.0 Å². The van der Waals surface area contributed by atoms with Crippen molar-refractivity contribution >= 4 is 22.9 Å². The zero-order valence-corrected chi connectivity index (χ0v) is 21.9. The van der Waals surface area contributed by atoms with Crippen LogP contribution in [0.5, 0.6) is 0 Å². The Morgan fingerprint density at radius 1 is 1.21 bits per heavy atom. The highest BCUT2D eigenvalue weighted by molar-refractivity contribution is 6.01. The van der Waals surface area contributed by atoms with Crippen molar-refractivity contribution in [1.82, 2.24) is 24.9 Å². The summed E-state index contributed by atoms with van der Waals surface area (Å²) in [6.45, 7) is 0.255. The smallest absolute Gasteiger partial charge is 0.255 e. The van der Waals surface area contributed by atoms with Crippen molar-refractivity contribution in [2.24, 2.45) is 0 Å². The van der Waals surface area contributed by atoms with Gasteiger partial charge in [0.1, 0.15) is 5.67 Å². The average molecular weight is 519 g/mol. The summed E-state index contributed by atoms with van der Waals surface area (Å²) in [6, 6.07) is 4.20. The van der Waals surface area contributed by atoms with Crippen LogP contribution in [0.1, 0.15) is 85.0 Å². The van der Waals surface area contributed by atoms with Gasteiger partial charge < -0.3 is 15.4 Å². The summed E-state index contributed by atoms with van der Waals surface area (Å²) in [4.78, 5) is 22.5. The summed E-state index contributed by atoms with van der Waals surface area (Å²) in [6.07, 6.45) is 16.5. The third-order valence-electron chi connectivity index (χ3n) is 8.36. The number of amides is 1. The third-order valence-corrected chi connectivity index (χ3v) is 8.36. The van der Waals surface area contributed by atoms with E-state index in [9.17, 15) is 9.18 Å². The first-order valence-electron chi connectivity index (χ1n) is 13.8. The van der Waals surface area contributed by atoms with E-state index in [0.717, 1.165) is 79.3 Å². The minimum absolute atomic E-state index is 0.0931. The fourth-order valence-corrected chi connectivity index (χ4v) is 5.82. The molecule has 200 valence electrons. The molecule has 3 aliphatic rings. The Bertz CT molecular complexity index is 1360. The molecule has 3 heterocycles. The topological polar surface area (TPSA) is 93.4 Å². The molecule has 6 rings (SSSR count). The molecule has 0 bridgehead atoms. The van der Waals surface area contributed by atoms with E-state index in [1.807, 2.05) is 24.5 Å². The molecule has 3 aromatic rings. The lowest BCUT2D eigenvalue weighted by Crippen LogP contribution is -2.39. The average Bonchev–Trinajstić information content (AvgIpc) is 3.23. The fraction of sp³-hybridized carbons (Fsp3) is 0.517. The zero-order chi connectivity index (χ0) is 26.1. The number of hydrogen-bond acceptors (Lipinski definition) is 6. The highest BCUT2D eigenvalue weighted by Crippen LogP contribution is 2.36. The van der Waals surface area contributed by atoms with Crippen molar-refractivity contribution in [2.75, 3.05) is 19.0 Å². The molecule has 38 heavy (non-hydrogen) atoms. The minimum Gasteiger partial charge on any atom is -0.381 e. The van der Waals surface area contributed by atoms with E-state index < -0.39 is 5.67 Å². The number of rotatable bonds is 7. The number of aromatic nitrogens is 4. The number of aryl methyl sites for hydroxylation is 1. The number of allylic oxidation sites excluding steroid dienone is 1. The number of nitrogens with zero attached hydrogens (tertiary/aromatic N) is 4. The molecule has 0 spiro atoms. The van der Waals surface area contributed by atoms with Crippen LogP contribution >= 0.6 is 0 Å². The normalized spacial score (nSPS) is 22.6. The van der Waals surface area contributed by atoms with E-state index in [1.165, 1.54) is 0 Å². The number of hydrogen-bond donors (Lipinski definition) is 2. The molecule has 2 fully saturated rings. The Hall–Kier alpha value is -3.33. The molecule has 8 nitrogen and oxygen atoms in total. The van der Waals surface area contributed by atoms with Gasteiger partial charge in [-0.3, -0.25) is 4.79 Å². The molecule has 0 atom stereocenters. The lowest BCUT2D eigenvalue weighted by molar-refractivity contribution is 0.0599. The SMILES string of the molecule is CO[C@H]1CC[C@H](NC(=O)c2cnn3ccc(C4=CCCCc5nc(NCC6(F)CCC6)ncc54)cc23)CC1. The Balaban J connectivity index is 1.23. The van der Waals surface area contributed by atoms with Gasteiger partial charge in [0.25, 0.3) is 5.91 Å². The van der Waals surface area contributed by atoms with Crippen LogP contribution in [0.15, 0.2) is 36.8 Å². The van der Waals surface area contributed by atoms with Gasteiger partial charge >= 0.3 is 0 Å². The van der Waals surface area contributed by atoms with Crippen LogP contribution in [0.25, 0.3) is 11.1 Å². The van der Waals surface area contributed by atoms with Crippen molar-refractivity contribution in [3.05, 3.63) is 59.2 Å². The van der Waals surface area contributed by atoms with Gasteiger partial charge in [0.05, 0.1) is 35.6 Å². The van der Waals surface area contributed by atoms with Crippen LogP contribution in [0.2, 0.25) is 0 Å². The van der Waals surface area contributed by atoms with Gasteiger partial charge in [0, 0.05) is 31.1 Å². The van der Waals surface area contributed by atoms with E-state index in [0.29, 0.717) is 24.4 Å². The predicted octanol–water partition coefficient (Wildman–Crippen LogP) is 4.88. The Labute approximate surface area is 222 Å². The van der Waals surface area contributed by atoms with E-state index in [2.05, 4.69) is 26.8 Å². The fourth-order valence-electron chi connectivity index (χ4n) is 5.82. The molecular weight excluding hydrogens is 483 g/mol. The van der Waals surface area contributed by atoms with Gasteiger partial charge in [0.2, 0.25) is 5.95 Å². The number of ether oxygens (including phenoxy) is 1. The number of nitrogens with one attached hydrogen (secondary N) is 2. The second-order valence-corrected chi connectivity index (χ2v) is 10.9. The third kappa shape index (κ3) is 5.04. The molecule has 2 saturated carbocycles. The molecule has 0 unspecified atom stereocenters. The standard InChI is InChI=1S/C29H35FN6O2/c1-38-21-9-7-20(8-10-21)34-27(37)24-17-33-36-14-11-19(15-26(24)36)22-5-2-3-6-25-23(22)16-31-28(35-25)32-18-29(30)12-4-13-29/h5,11,14-17,20-21H,2-4,6-10,12-13,18H2,1H3,(H,34,37)(H,31,32,35)/t20-,21-. The Kier molecular flexibility index (Phi) is 6.86. The molecule has 3 aromatic heterocycles. The number of carbonyl (C=O) groups excluding carboxylic acids is 1. The van der Waals surface area contributed by atoms with E-state index in [1.54, 1.807) is 17.8 Å². The Morgan fingerprint density at radius 3 is 2.82 bits per heavy atom. The van der Waals surface area contributed by atoms with Crippen molar-refractivity contribution in [2.45, 2.75) is 82.0 Å². The van der Waals surface area contributed by atoms with Crippen LogP contribution < -0.4 is 10.6 Å². The molecule has 1 amide bonds. The molecular formula is C29H35FN6O2. The minimum atomic E-state index is -1.13. The lowest BCUT2D eigenvalue weighted by atomic mass is 9.82. The van der Waals surface area contributed by atoms with E-state index in [-0.39, 0.29) is 24.6 Å². The molecule has 0 radical (unpaired) electrons. The van der Waals surface area contributed by atoms with E-state index >= 15 is 0 Å². The molecule has 0 saturated heterocycles. The highest BCUT2D eigenvalue weighted by Gasteiger charge is 2.37. The number of carbonyl (C=O) groups is 1. The molecule has 9 heteroatoms. The first-order chi connectivity index (χ1) is 18.5. The monoisotopic (exact) mass is 518 g/mol. The van der Waals surface area contributed by atoms with Crippen LogP contribution in [0.3, 0.4) is 0 Å². The number of halogens is 1. The predicted molar refractivity (Wildman–Crippen MR) is 144 cm³/mol. The second-order valence-electron chi connectivity index (χ2n) is 10.9. The van der Waals surface area contributed by atoms with Crippen molar-refractivity contribution in [3.8, 4) is 0 Å². The summed E-state index contributed by atoms with van der Waals surface area (Å²) in [7, 11) is 1.75. The summed E-state index contributed by atoms with van der Waals surface area (Å²) >= 11 is 0. The molecule has 0 aliphatic heterocycles. The summed E-state index contributed by atoms with van der Waals surface area (Å²) in [5.74, 6) is 0.392. The molecule has 3 aliphatic carbocycles. The number of methoxy groups -OCH3 is 1. The van der Waals surface area contributed by atoms with E-state index in [4.69, 9.17) is 9.72 Å². The zero-order valence-electron chi connectivity index (χ0n) is 21.9. The molecule has 2 N–H and O–H groups in total. The van der Waals surface area contributed by atoms with Gasteiger partial charge in [-0.15, -0.1) is 0 Å². The lowest BCUT2D eigenvalue weighted by Gasteiger charge is -2.33. The van der Waals surface area contributed by atoms with Crippen molar-refractivity contribution < 1.29 is 13.9 Å². The van der Waals surface area contributed by atoms with Crippen LogP contribution in [-0.2, 0) is 11.2 Å². The van der Waals surface area contributed by atoms with Crippen molar-refractivity contribution in [3.63, 3.8) is 0 Å². The Morgan fingerprint density at radius 2 is 2.05 bits per heavy atom. The second kappa shape index (κ2) is 10.4. The molecule has 0 aromatic carbocycles. The maximum Gasteiger partial charge on any atom is 0.255 e. The largest absolute Gasteiger partial charge is 0.381 e. The number of fused-ring (bicyclic) bond motifs is 2. The van der Waals surface area contributed by atoms with Gasteiger partial charge in [0.15, 0.2) is 0 Å². The van der Waals surface area contributed by atoms with Gasteiger partial charge in [-0.05, 0) is 87.5 Å². The number of alkyl halides is 1. The van der Waals surface area contributed by atoms with Crippen LogP contribution in [0.4, 0.5) is 10.3 Å². The summed E-state index contributed by atoms with van der Waals surface area (Å²) in [5.41, 5.74) is 4.21. The maximum atomic E-state index is 14.5. The maximum absolute atomic E-state index is 14.5. The quantitative estimate of drug-likeness (QED) is 0.463. The first kappa shape index (κ1) is 25.0. The number of pyridine rings is 1. The van der Waals surface area contributed by atoms with Crippen LogP contribution in [0, 0.1) is 0 Å². The van der Waals surface area contributed by atoms with Gasteiger partial charge in [-0.1, -0.05) is 6.08 Å². The highest BCUT2D eigenvalue weighted by atomic mass is 19.1. The van der Waals surface area contributed by atoms with Gasteiger partial charge in [-0.25, -0.2) is 18.9 Å². The summed E-state index contributed by atoms with van der Waals surface area (Å²) < 4.78 is 21.7. The summed E-state index contributed by atoms with van der Waals surface area (Å²) in [5, 5.41) is 10.7. The van der Waals surface area contributed by atoms with Gasteiger partial charge in [-0.2, -0.15) is 5.10 Å². The van der Waals surface area contributed by atoms with Crippen molar-refractivity contribution in [1.29, 1.82) is 0 Å². The number of anilines is 1.